The molecule has 0 bridgehead atoms. The second-order valence-corrected chi connectivity index (χ2v) is 11.6. The fraction of sp³-hybridized carbons (Fsp3) is 0.261. The Morgan fingerprint density at radius 1 is 1.29 bits per heavy atom. The molecule has 1 fully saturated rings. The number of fused-ring (bicyclic) bond motifs is 1. The Labute approximate surface area is 204 Å². The van der Waals surface area contributed by atoms with E-state index in [1.165, 1.54) is 10.6 Å². The van der Waals surface area contributed by atoms with E-state index in [2.05, 4.69) is 15.3 Å². The van der Waals surface area contributed by atoms with E-state index in [9.17, 15) is 18.0 Å². The van der Waals surface area contributed by atoms with Gasteiger partial charge in [0.25, 0.3) is 11.5 Å². The number of nitrogens with two attached hydrogens (primary N) is 1. The average molecular weight is 514 g/mol. The SMILES string of the molecule is Cc1cnc(Oc2cc(S(N)(=O)=O)sc2-c2cn(C)c(=O)c3[nH]c(C(=O)NC4CC4)cc23)c(C)c1. The number of amides is 1. The van der Waals surface area contributed by atoms with E-state index in [0.717, 1.165) is 35.3 Å². The summed E-state index contributed by atoms with van der Waals surface area (Å²) in [6.07, 6.45) is 5.09. The summed E-state index contributed by atoms with van der Waals surface area (Å²) < 4.78 is 31.7. The summed E-state index contributed by atoms with van der Waals surface area (Å²) in [5.41, 5.74) is 2.39. The summed E-state index contributed by atoms with van der Waals surface area (Å²) in [7, 11) is -2.45. The number of carbonyl (C=O) groups excluding carboxylic acids is 1. The highest BCUT2D eigenvalue weighted by molar-refractivity contribution is 7.91. The molecule has 1 saturated carbocycles. The summed E-state index contributed by atoms with van der Waals surface area (Å²) in [6, 6.07) is 4.99. The van der Waals surface area contributed by atoms with Crippen LogP contribution in [0.5, 0.6) is 11.6 Å². The van der Waals surface area contributed by atoms with Crippen molar-refractivity contribution < 1.29 is 17.9 Å². The number of thiophene rings is 1. The number of aryl methyl sites for hydroxylation is 3. The van der Waals surface area contributed by atoms with Crippen LogP contribution in [0.3, 0.4) is 0 Å². The molecular formula is C23H23N5O5S2. The van der Waals surface area contributed by atoms with Crippen molar-refractivity contribution in [2.75, 3.05) is 0 Å². The molecule has 0 aromatic carbocycles. The molecule has 4 aromatic rings. The molecule has 0 radical (unpaired) electrons. The first-order chi connectivity index (χ1) is 16.5. The van der Waals surface area contributed by atoms with Gasteiger partial charge in [-0.2, -0.15) is 0 Å². The van der Waals surface area contributed by atoms with Crippen molar-refractivity contribution in [2.45, 2.75) is 36.9 Å². The van der Waals surface area contributed by atoms with Crippen LogP contribution in [0.25, 0.3) is 21.3 Å². The number of aromatic nitrogens is 3. The molecule has 4 N–H and O–H groups in total. The molecule has 1 aliphatic carbocycles. The van der Waals surface area contributed by atoms with Crippen molar-refractivity contribution in [3.8, 4) is 22.1 Å². The van der Waals surface area contributed by atoms with Crippen LogP contribution in [0.15, 0.2) is 39.6 Å². The maximum atomic E-state index is 12.8. The standard InChI is InChI=1S/C23H23N5O5S2/c1-11-6-12(2)22(25-9-11)33-17-8-18(35(24,31)32)34-20(17)15-10-28(3)23(30)19-14(15)7-16(27-19)21(29)26-13-4-5-13/h6-10,13,27H,4-5H2,1-3H3,(H,26,29)(H2,24,31,32). The van der Waals surface area contributed by atoms with Crippen molar-refractivity contribution in [1.82, 2.24) is 19.9 Å². The minimum absolute atomic E-state index is 0.100. The van der Waals surface area contributed by atoms with E-state index in [1.807, 2.05) is 19.9 Å². The van der Waals surface area contributed by atoms with Gasteiger partial charge in [0.1, 0.15) is 21.2 Å². The monoisotopic (exact) mass is 513 g/mol. The summed E-state index contributed by atoms with van der Waals surface area (Å²) in [4.78, 5) is 33.2. The number of ether oxygens (including phenoxy) is 1. The lowest BCUT2D eigenvalue weighted by atomic mass is 10.1. The van der Waals surface area contributed by atoms with Gasteiger partial charge in [0.15, 0.2) is 0 Å². The molecule has 4 aromatic heterocycles. The molecule has 35 heavy (non-hydrogen) atoms. The lowest BCUT2D eigenvalue weighted by Gasteiger charge is -2.10. The Balaban J connectivity index is 1.69. The predicted molar refractivity (Wildman–Crippen MR) is 132 cm³/mol. The molecule has 182 valence electrons. The van der Waals surface area contributed by atoms with E-state index >= 15 is 0 Å². The zero-order chi connectivity index (χ0) is 25.1. The number of sulfonamides is 1. The first-order valence-corrected chi connectivity index (χ1v) is 13.2. The second kappa shape index (κ2) is 8.33. The fourth-order valence-electron chi connectivity index (χ4n) is 3.80. The third kappa shape index (κ3) is 4.47. The van der Waals surface area contributed by atoms with Gasteiger partial charge in [-0.1, -0.05) is 0 Å². The lowest BCUT2D eigenvalue weighted by Crippen LogP contribution is -2.25. The number of aromatic amines is 1. The summed E-state index contributed by atoms with van der Waals surface area (Å²) in [6.45, 7) is 3.74. The van der Waals surface area contributed by atoms with Gasteiger partial charge < -0.3 is 19.6 Å². The van der Waals surface area contributed by atoms with Crippen molar-refractivity contribution in [1.29, 1.82) is 0 Å². The first-order valence-electron chi connectivity index (χ1n) is 10.8. The number of hydrogen-bond donors (Lipinski definition) is 3. The maximum Gasteiger partial charge on any atom is 0.274 e. The van der Waals surface area contributed by atoms with Crippen LogP contribution in [-0.4, -0.2) is 34.9 Å². The minimum atomic E-state index is -4.03. The van der Waals surface area contributed by atoms with E-state index < -0.39 is 10.0 Å². The van der Waals surface area contributed by atoms with Crippen LogP contribution in [0, 0.1) is 13.8 Å². The molecule has 5 rings (SSSR count). The van der Waals surface area contributed by atoms with Gasteiger partial charge in [0, 0.05) is 48.1 Å². The quantitative estimate of drug-likeness (QED) is 0.361. The maximum absolute atomic E-state index is 12.8. The predicted octanol–water partition coefficient (Wildman–Crippen LogP) is 2.94. The topological polar surface area (TPSA) is 149 Å². The number of rotatable bonds is 6. The highest BCUT2D eigenvalue weighted by atomic mass is 32.2. The van der Waals surface area contributed by atoms with Gasteiger partial charge in [-0.15, -0.1) is 11.3 Å². The summed E-state index contributed by atoms with van der Waals surface area (Å²) in [5, 5.41) is 8.79. The third-order valence-corrected chi connectivity index (χ3v) is 8.27. The third-order valence-electron chi connectivity index (χ3n) is 5.70. The summed E-state index contributed by atoms with van der Waals surface area (Å²) >= 11 is 0.920. The Bertz CT molecular complexity index is 1660. The summed E-state index contributed by atoms with van der Waals surface area (Å²) in [5.74, 6) is 0.239. The number of H-pyrrole nitrogens is 1. The number of nitrogens with zero attached hydrogens (tertiary/aromatic N) is 2. The Kier molecular flexibility index (Phi) is 5.54. The van der Waals surface area contributed by atoms with Crippen molar-refractivity contribution >= 4 is 38.2 Å². The van der Waals surface area contributed by atoms with E-state index in [4.69, 9.17) is 9.88 Å². The van der Waals surface area contributed by atoms with Crippen LogP contribution < -0.4 is 20.8 Å². The van der Waals surface area contributed by atoms with Gasteiger partial charge in [0.05, 0.1) is 4.88 Å². The normalized spacial score (nSPS) is 13.8. The number of carbonyl (C=O) groups is 1. The minimum Gasteiger partial charge on any atom is -0.437 e. The molecule has 1 aliphatic rings. The van der Waals surface area contributed by atoms with Crippen LogP contribution in [0.4, 0.5) is 0 Å². The highest BCUT2D eigenvalue weighted by Gasteiger charge is 2.27. The van der Waals surface area contributed by atoms with E-state index in [1.54, 1.807) is 25.5 Å². The molecule has 1 amide bonds. The van der Waals surface area contributed by atoms with Crippen molar-refractivity contribution in [3.63, 3.8) is 0 Å². The first kappa shape index (κ1) is 23.3. The number of nitrogens with one attached hydrogen (secondary N) is 2. The molecule has 12 heteroatoms. The van der Waals surface area contributed by atoms with Crippen LogP contribution >= 0.6 is 11.3 Å². The van der Waals surface area contributed by atoms with Crippen molar-refractivity contribution in [3.05, 3.63) is 57.8 Å². The zero-order valence-electron chi connectivity index (χ0n) is 19.2. The van der Waals surface area contributed by atoms with Gasteiger partial charge in [0.2, 0.25) is 15.9 Å². The molecule has 0 spiro atoms. The van der Waals surface area contributed by atoms with Gasteiger partial charge in [-0.05, 0) is 44.4 Å². The van der Waals surface area contributed by atoms with E-state index in [-0.39, 0.29) is 38.7 Å². The molecule has 0 aliphatic heterocycles. The number of pyridine rings is 2. The average Bonchev–Trinajstić information content (AvgIpc) is 3.31. The smallest absolute Gasteiger partial charge is 0.274 e. The van der Waals surface area contributed by atoms with Crippen molar-refractivity contribution in [2.24, 2.45) is 12.2 Å². The molecule has 4 heterocycles. The highest BCUT2D eigenvalue weighted by Crippen LogP contribution is 2.44. The van der Waals surface area contributed by atoms with Gasteiger partial charge in [-0.3, -0.25) is 9.59 Å². The van der Waals surface area contributed by atoms with Crippen LogP contribution in [0.2, 0.25) is 0 Å². The molecule has 10 nitrogen and oxygen atoms in total. The van der Waals surface area contributed by atoms with E-state index in [0.29, 0.717) is 21.7 Å². The number of primary sulfonamides is 1. The zero-order valence-corrected chi connectivity index (χ0v) is 20.8. The Morgan fingerprint density at radius 3 is 2.69 bits per heavy atom. The Hall–Kier alpha value is -3.48. The lowest BCUT2D eigenvalue weighted by molar-refractivity contribution is 0.0947. The van der Waals surface area contributed by atoms with Gasteiger partial charge in [-0.25, -0.2) is 18.5 Å². The second-order valence-electron chi connectivity index (χ2n) is 8.72. The molecule has 0 unspecified atom stereocenters. The molecular weight excluding hydrogens is 490 g/mol. The van der Waals surface area contributed by atoms with Crippen LogP contribution in [0.1, 0.15) is 34.5 Å². The van der Waals surface area contributed by atoms with Gasteiger partial charge >= 0.3 is 0 Å². The molecule has 0 atom stereocenters. The number of hydrogen-bond acceptors (Lipinski definition) is 7. The molecule has 0 saturated heterocycles. The largest absolute Gasteiger partial charge is 0.437 e. The van der Waals surface area contributed by atoms with Crippen LogP contribution in [-0.2, 0) is 17.1 Å². The fourth-order valence-corrected chi connectivity index (χ4v) is 5.63. The Morgan fingerprint density at radius 2 is 2.03 bits per heavy atom.